The summed E-state index contributed by atoms with van der Waals surface area (Å²) in [6.07, 6.45) is 0. The van der Waals surface area contributed by atoms with Gasteiger partial charge in [0.25, 0.3) is 0 Å². The van der Waals surface area contributed by atoms with Crippen LogP contribution in [0, 0.1) is 0 Å². The number of carbonyl (C=O) groups excluding carboxylic acids is 2. The van der Waals surface area contributed by atoms with Crippen molar-refractivity contribution in [1.29, 1.82) is 0 Å². The second-order valence-corrected chi connectivity index (χ2v) is 3.93. The number of esters is 1. The number of ether oxygens (including phenoxy) is 1. The highest BCUT2D eigenvalue weighted by atomic mass is 16.5. The van der Waals surface area contributed by atoms with E-state index in [9.17, 15) is 9.59 Å². The van der Waals surface area contributed by atoms with Crippen LogP contribution in [0.1, 0.15) is 27.6 Å². The highest BCUT2D eigenvalue weighted by molar-refractivity contribution is 6.07. The number of nitrogens with zero attached hydrogens (tertiary/aromatic N) is 1. The molecule has 1 aromatic carbocycles. The summed E-state index contributed by atoms with van der Waals surface area (Å²) in [6, 6.07) is 6.73. The van der Waals surface area contributed by atoms with Crippen LogP contribution in [0.2, 0.25) is 0 Å². The lowest BCUT2D eigenvalue weighted by atomic mass is 10.0. The minimum absolute atomic E-state index is 0.0846. The Kier molecular flexibility index (Phi) is 4.84. The molecule has 0 bridgehead atoms. The summed E-state index contributed by atoms with van der Waals surface area (Å²) in [7, 11) is 3.62. The van der Waals surface area contributed by atoms with Gasteiger partial charge < -0.3 is 9.64 Å². The Hall–Kier alpha value is -1.68. The van der Waals surface area contributed by atoms with E-state index in [0.29, 0.717) is 17.7 Å². The van der Waals surface area contributed by atoms with Crippen LogP contribution < -0.4 is 0 Å². The molecule has 0 saturated heterocycles. The van der Waals surface area contributed by atoms with Crippen LogP contribution in [0.3, 0.4) is 0 Å². The van der Waals surface area contributed by atoms with Gasteiger partial charge in [-0.2, -0.15) is 0 Å². The van der Waals surface area contributed by atoms with Gasteiger partial charge in [-0.15, -0.1) is 0 Å². The Morgan fingerprint density at radius 3 is 2.29 bits per heavy atom. The molecule has 17 heavy (non-hydrogen) atoms. The second kappa shape index (κ2) is 6.15. The van der Waals surface area contributed by atoms with Gasteiger partial charge >= 0.3 is 5.97 Å². The predicted octanol–water partition coefficient (Wildman–Crippen LogP) is 1.61. The molecule has 0 atom stereocenters. The van der Waals surface area contributed by atoms with Crippen molar-refractivity contribution >= 4 is 11.8 Å². The minimum atomic E-state index is -0.449. The zero-order chi connectivity index (χ0) is 12.8. The summed E-state index contributed by atoms with van der Waals surface area (Å²) >= 11 is 0. The quantitative estimate of drug-likeness (QED) is 0.574. The molecule has 0 spiro atoms. The van der Waals surface area contributed by atoms with Crippen LogP contribution in [-0.4, -0.2) is 43.9 Å². The summed E-state index contributed by atoms with van der Waals surface area (Å²) in [5.74, 6) is -0.533. The standard InChI is InChI=1S/C13H17NO3/c1-4-17-13(16)11-8-6-5-7-10(11)12(15)9-14(2)3/h5-8H,4,9H2,1-3H3. The van der Waals surface area contributed by atoms with Crippen molar-refractivity contribution < 1.29 is 14.3 Å². The van der Waals surface area contributed by atoms with E-state index in [1.807, 2.05) is 14.1 Å². The molecule has 0 N–H and O–H groups in total. The Morgan fingerprint density at radius 2 is 1.76 bits per heavy atom. The third-order valence-electron chi connectivity index (χ3n) is 2.18. The van der Waals surface area contributed by atoms with Gasteiger partial charge in [-0.3, -0.25) is 4.79 Å². The van der Waals surface area contributed by atoms with Crippen LogP contribution >= 0.6 is 0 Å². The van der Waals surface area contributed by atoms with Crippen molar-refractivity contribution in [3.05, 3.63) is 35.4 Å². The van der Waals surface area contributed by atoms with E-state index >= 15 is 0 Å². The molecule has 1 rings (SSSR count). The maximum atomic E-state index is 11.9. The number of hydrogen-bond acceptors (Lipinski definition) is 4. The van der Waals surface area contributed by atoms with Crippen LogP contribution in [0.25, 0.3) is 0 Å². The molecule has 0 heterocycles. The summed E-state index contributed by atoms with van der Waals surface area (Å²) in [5.41, 5.74) is 0.751. The fourth-order valence-corrected chi connectivity index (χ4v) is 1.49. The normalized spacial score (nSPS) is 10.4. The molecular weight excluding hydrogens is 218 g/mol. The smallest absolute Gasteiger partial charge is 0.338 e. The Bertz CT molecular complexity index is 413. The first-order valence-corrected chi connectivity index (χ1v) is 5.50. The summed E-state index contributed by atoms with van der Waals surface area (Å²) in [4.78, 5) is 25.4. The number of ketones is 1. The van der Waals surface area contributed by atoms with Gasteiger partial charge in [0.2, 0.25) is 0 Å². The Morgan fingerprint density at radius 1 is 1.18 bits per heavy atom. The molecule has 92 valence electrons. The lowest BCUT2D eigenvalue weighted by molar-refractivity contribution is 0.0522. The van der Waals surface area contributed by atoms with Crippen LogP contribution in [-0.2, 0) is 4.74 Å². The monoisotopic (exact) mass is 235 g/mol. The second-order valence-electron chi connectivity index (χ2n) is 3.93. The van der Waals surface area contributed by atoms with Crippen molar-refractivity contribution in [3.63, 3.8) is 0 Å². The zero-order valence-corrected chi connectivity index (χ0v) is 10.4. The molecule has 0 saturated carbocycles. The van der Waals surface area contributed by atoms with E-state index in [1.54, 1.807) is 36.1 Å². The van der Waals surface area contributed by atoms with E-state index < -0.39 is 5.97 Å². The molecular formula is C13H17NO3. The Labute approximate surface area is 101 Å². The highest BCUT2D eigenvalue weighted by Crippen LogP contribution is 2.11. The number of rotatable bonds is 5. The average Bonchev–Trinajstić information content (AvgIpc) is 2.28. The first kappa shape index (κ1) is 13.4. The lowest BCUT2D eigenvalue weighted by Gasteiger charge is -2.11. The SMILES string of the molecule is CCOC(=O)c1ccccc1C(=O)CN(C)C. The van der Waals surface area contributed by atoms with Gasteiger partial charge in [-0.1, -0.05) is 18.2 Å². The van der Waals surface area contributed by atoms with Crippen molar-refractivity contribution in [1.82, 2.24) is 4.90 Å². The fourth-order valence-electron chi connectivity index (χ4n) is 1.49. The maximum Gasteiger partial charge on any atom is 0.338 e. The van der Waals surface area contributed by atoms with E-state index in [-0.39, 0.29) is 12.3 Å². The topological polar surface area (TPSA) is 46.6 Å². The number of benzene rings is 1. The van der Waals surface area contributed by atoms with Gasteiger partial charge in [0.05, 0.1) is 18.7 Å². The minimum Gasteiger partial charge on any atom is -0.462 e. The fraction of sp³-hybridized carbons (Fsp3) is 0.385. The van der Waals surface area contributed by atoms with E-state index in [0.717, 1.165) is 0 Å². The Balaban J connectivity index is 2.99. The molecule has 0 aromatic heterocycles. The predicted molar refractivity (Wildman–Crippen MR) is 65.3 cm³/mol. The molecule has 0 unspecified atom stereocenters. The zero-order valence-electron chi connectivity index (χ0n) is 10.4. The van der Waals surface area contributed by atoms with E-state index in [4.69, 9.17) is 4.74 Å². The van der Waals surface area contributed by atoms with Crippen LogP contribution in [0.4, 0.5) is 0 Å². The van der Waals surface area contributed by atoms with E-state index in [1.165, 1.54) is 0 Å². The molecule has 0 radical (unpaired) electrons. The van der Waals surface area contributed by atoms with Gasteiger partial charge in [-0.25, -0.2) is 4.79 Å². The third kappa shape index (κ3) is 3.67. The number of hydrogen-bond donors (Lipinski definition) is 0. The van der Waals surface area contributed by atoms with E-state index in [2.05, 4.69) is 0 Å². The largest absolute Gasteiger partial charge is 0.462 e. The molecule has 0 amide bonds. The van der Waals surface area contributed by atoms with Crippen LogP contribution in [0.5, 0.6) is 0 Å². The maximum absolute atomic E-state index is 11.9. The number of carbonyl (C=O) groups is 2. The molecule has 0 aliphatic carbocycles. The highest BCUT2D eigenvalue weighted by Gasteiger charge is 2.17. The number of likely N-dealkylation sites (N-methyl/N-ethyl adjacent to an activating group) is 1. The summed E-state index contributed by atoms with van der Waals surface area (Å²) in [6.45, 7) is 2.31. The van der Waals surface area contributed by atoms with Gasteiger partial charge in [0.15, 0.2) is 5.78 Å². The van der Waals surface area contributed by atoms with Crippen molar-refractivity contribution in [2.45, 2.75) is 6.92 Å². The average molecular weight is 235 g/mol. The van der Waals surface area contributed by atoms with Gasteiger partial charge in [0.1, 0.15) is 0 Å². The van der Waals surface area contributed by atoms with Crippen molar-refractivity contribution in [3.8, 4) is 0 Å². The first-order chi connectivity index (χ1) is 8.06. The van der Waals surface area contributed by atoms with Gasteiger partial charge in [-0.05, 0) is 27.1 Å². The first-order valence-electron chi connectivity index (χ1n) is 5.50. The van der Waals surface area contributed by atoms with Crippen molar-refractivity contribution in [2.24, 2.45) is 0 Å². The molecule has 0 aliphatic heterocycles. The van der Waals surface area contributed by atoms with Crippen molar-refractivity contribution in [2.75, 3.05) is 27.2 Å². The summed E-state index contributed by atoms with van der Waals surface area (Å²) < 4.78 is 4.92. The number of Topliss-reactive ketones (excluding diaryl/α,β-unsaturated/α-hetero) is 1. The molecule has 1 aromatic rings. The lowest BCUT2D eigenvalue weighted by Crippen LogP contribution is -2.23. The molecule has 4 heteroatoms. The molecule has 0 fully saturated rings. The van der Waals surface area contributed by atoms with Crippen LogP contribution in [0.15, 0.2) is 24.3 Å². The summed E-state index contributed by atoms with van der Waals surface area (Å²) in [5, 5.41) is 0. The molecule has 4 nitrogen and oxygen atoms in total. The third-order valence-corrected chi connectivity index (χ3v) is 2.18. The molecule has 0 aliphatic rings. The van der Waals surface area contributed by atoms with Gasteiger partial charge in [0, 0.05) is 5.56 Å².